The van der Waals surface area contributed by atoms with E-state index in [4.69, 9.17) is 9.31 Å². The lowest BCUT2D eigenvalue weighted by Crippen LogP contribution is -2.65. The highest BCUT2D eigenvalue weighted by Gasteiger charge is 2.68. The summed E-state index contributed by atoms with van der Waals surface area (Å²) >= 11 is 0. The molecule has 2 aromatic carbocycles. The molecule has 3 saturated carbocycles. The number of aryl methyl sites for hydroxylation is 1. The Morgan fingerprint density at radius 2 is 1.74 bits per heavy atom. The van der Waals surface area contributed by atoms with Crippen LogP contribution in [0.15, 0.2) is 54.6 Å². The quantitative estimate of drug-likeness (QED) is 0.383. The lowest BCUT2D eigenvalue weighted by atomic mass is 9.43. The molecule has 0 spiro atoms. The molecule has 1 saturated heterocycles. The largest absolute Gasteiger partial charge is 0.481 e. The number of hydrogen-bond acceptors (Lipinski definition) is 4. The molecular weight excluding hydrogens is 523 g/mol. The zero-order valence-electron chi connectivity index (χ0n) is 25.9. The molecule has 0 aromatic heterocycles. The van der Waals surface area contributed by atoms with Crippen LogP contribution in [0.25, 0.3) is 0 Å². The van der Waals surface area contributed by atoms with Gasteiger partial charge >= 0.3 is 7.12 Å². The number of rotatable bonds is 9. The lowest BCUT2D eigenvalue weighted by molar-refractivity contribution is -0.199. The van der Waals surface area contributed by atoms with Crippen LogP contribution in [-0.4, -0.2) is 42.6 Å². The number of amides is 2. The van der Waals surface area contributed by atoms with Crippen LogP contribution in [0.3, 0.4) is 0 Å². The molecule has 0 radical (unpaired) electrons. The first-order chi connectivity index (χ1) is 20.1. The maximum atomic E-state index is 14.1. The van der Waals surface area contributed by atoms with Gasteiger partial charge in [0.15, 0.2) is 0 Å². The molecule has 7 atom stereocenters. The van der Waals surface area contributed by atoms with E-state index in [2.05, 4.69) is 57.4 Å². The number of nitrogens with one attached hydrogen (secondary N) is 2. The molecular formula is C35H47BN2O4. The van der Waals surface area contributed by atoms with Crippen molar-refractivity contribution in [2.24, 2.45) is 23.2 Å². The number of carbonyl (C=O) groups excluding carboxylic acids is 2. The SMILES string of the molecule is CC(C)C[C@H](NC(=O)[C@H](Cc1ccccc1)NC(=O)C1CCCc2ccccc21)B1O[C@@H]2C[C@@H]3C[C@@H](C3(C)C)[C@]2(C)O1. The fraction of sp³-hybridized carbons (Fsp3) is 0.600. The summed E-state index contributed by atoms with van der Waals surface area (Å²) in [6.07, 6.45) is 6.16. The second-order valence-electron chi connectivity index (χ2n) is 14.5. The molecule has 7 rings (SSSR count). The van der Waals surface area contributed by atoms with Crippen LogP contribution >= 0.6 is 0 Å². The number of carbonyl (C=O) groups is 2. The van der Waals surface area contributed by atoms with Gasteiger partial charge in [0, 0.05) is 6.42 Å². The Labute approximate surface area is 251 Å². The number of benzene rings is 2. The van der Waals surface area contributed by atoms with Crippen LogP contribution in [0.1, 0.15) is 89.3 Å². The summed E-state index contributed by atoms with van der Waals surface area (Å²) in [7, 11) is -0.500. The Balaban J connectivity index is 1.21. The van der Waals surface area contributed by atoms with Crippen molar-refractivity contribution in [3.8, 4) is 0 Å². The van der Waals surface area contributed by atoms with E-state index in [1.807, 2.05) is 42.5 Å². The van der Waals surface area contributed by atoms with Crippen LogP contribution in [0.5, 0.6) is 0 Å². The average Bonchev–Trinajstić information content (AvgIpc) is 3.33. The second-order valence-corrected chi connectivity index (χ2v) is 14.5. The highest BCUT2D eigenvalue weighted by molar-refractivity contribution is 6.48. The Bertz CT molecular complexity index is 1300. The Hall–Kier alpha value is -2.64. The Kier molecular flexibility index (Phi) is 8.03. The van der Waals surface area contributed by atoms with E-state index < -0.39 is 13.2 Å². The van der Waals surface area contributed by atoms with Crippen LogP contribution < -0.4 is 10.6 Å². The molecule has 1 heterocycles. The summed E-state index contributed by atoms with van der Waals surface area (Å²) in [5.41, 5.74) is 3.24. The van der Waals surface area contributed by atoms with Crippen molar-refractivity contribution in [3.63, 3.8) is 0 Å². The Morgan fingerprint density at radius 1 is 1.00 bits per heavy atom. The molecule has 5 aliphatic rings. The highest BCUT2D eigenvalue weighted by Crippen LogP contribution is 2.65. The van der Waals surface area contributed by atoms with Gasteiger partial charge in [-0.15, -0.1) is 0 Å². The summed E-state index contributed by atoms with van der Waals surface area (Å²) in [5, 5.41) is 6.48. The third kappa shape index (κ3) is 5.43. The average molecular weight is 571 g/mol. The van der Waals surface area contributed by atoms with Crippen molar-refractivity contribution < 1.29 is 18.9 Å². The zero-order valence-corrected chi connectivity index (χ0v) is 25.9. The molecule has 7 heteroatoms. The number of hydrogen-bond donors (Lipinski definition) is 2. The van der Waals surface area contributed by atoms with Gasteiger partial charge in [0.25, 0.3) is 0 Å². The molecule has 1 aliphatic heterocycles. The standard InChI is InChI=1S/C35H47BN2O4/c1-22(2)18-31(36-41-30-21-25-20-29(34(25,3)4)35(30,5)42-36)38-33(40)28(19-23-12-7-6-8-13-23)37-32(39)27-17-11-15-24-14-9-10-16-26(24)27/h6-10,12-14,16,22,25,27-31H,11,15,17-21H2,1-5H3,(H,37,39)(H,38,40)/t25-,27?,28-,29-,30+,31-,35-/m0/s1. The van der Waals surface area contributed by atoms with E-state index in [9.17, 15) is 9.59 Å². The first-order valence-electron chi connectivity index (χ1n) is 16.1. The Morgan fingerprint density at radius 3 is 2.48 bits per heavy atom. The first-order valence-corrected chi connectivity index (χ1v) is 16.1. The van der Waals surface area contributed by atoms with Gasteiger partial charge in [0.2, 0.25) is 11.8 Å². The van der Waals surface area contributed by atoms with Gasteiger partial charge in [0.05, 0.1) is 23.6 Å². The topological polar surface area (TPSA) is 76.7 Å². The van der Waals surface area contributed by atoms with Gasteiger partial charge in [0.1, 0.15) is 6.04 Å². The summed E-state index contributed by atoms with van der Waals surface area (Å²) < 4.78 is 13.4. The minimum atomic E-state index is -0.699. The maximum absolute atomic E-state index is 14.1. The molecule has 1 unspecified atom stereocenters. The minimum Gasteiger partial charge on any atom is -0.404 e. The first kappa shape index (κ1) is 29.4. The van der Waals surface area contributed by atoms with E-state index in [1.165, 1.54) is 12.0 Å². The molecule has 2 bridgehead atoms. The van der Waals surface area contributed by atoms with Crippen LogP contribution in [0, 0.1) is 23.2 Å². The molecule has 224 valence electrons. The maximum Gasteiger partial charge on any atom is 0.481 e. The van der Waals surface area contributed by atoms with E-state index in [-0.39, 0.29) is 40.8 Å². The van der Waals surface area contributed by atoms with Gasteiger partial charge < -0.3 is 19.9 Å². The third-order valence-corrected chi connectivity index (χ3v) is 11.0. The van der Waals surface area contributed by atoms with Crippen molar-refractivity contribution in [3.05, 3.63) is 71.3 Å². The monoisotopic (exact) mass is 570 g/mol. The number of fused-ring (bicyclic) bond motifs is 1. The fourth-order valence-electron chi connectivity index (χ4n) is 8.46. The van der Waals surface area contributed by atoms with E-state index in [0.717, 1.165) is 43.2 Å². The molecule has 42 heavy (non-hydrogen) atoms. The summed E-state index contributed by atoms with van der Waals surface area (Å²) in [6.45, 7) is 11.3. The molecule has 4 fully saturated rings. The normalized spacial score (nSPS) is 30.5. The zero-order chi connectivity index (χ0) is 29.6. The van der Waals surface area contributed by atoms with Crippen LogP contribution in [-0.2, 0) is 31.7 Å². The fourth-order valence-corrected chi connectivity index (χ4v) is 8.46. The van der Waals surface area contributed by atoms with Crippen LogP contribution in [0.2, 0.25) is 0 Å². The van der Waals surface area contributed by atoms with Crippen molar-refractivity contribution in [2.45, 2.75) is 109 Å². The molecule has 2 N–H and O–H groups in total. The molecule has 2 aromatic rings. The summed E-state index contributed by atoms with van der Waals surface area (Å²) in [4.78, 5) is 27.9. The van der Waals surface area contributed by atoms with Crippen molar-refractivity contribution >= 4 is 18.9 Å². The van der Waals surface area contributed by atoms with Crippen molar-refractivity contribution in [1.29, 1.82) is 0 Å². The smallest absolute Gasteiger partial charge is 0.404 e. The van der Waals surface area contributed by atoms with Gasteiger partial charge in [-0.2, -0.15) is 0 Å². The third-order valence-electron chi connectivity index (χ3n) is 11.0. The minimum absolute atomic E-state index is 0.0528. The predicted molar refractivity (Wildman–Crippen MR) is 166 cm³/mol. The molecule has 4 aliphatic carbocycles. The van der Waals surface area contributed by atoms with Gasteiger partial charge in [-0.25, -0.2) is 0 Å². The second kappa shape index (κ2) is 11.5. The van der Waals surface area contributed by atoms with Gasteiger partial charge in [-0.3, -0.25) is 9.59 Å². The summed E-state index contributed by atoms with van der Waals surface area (Å²) in [5.74, 6) is 0.655. The van der Waals surface area contributed by atoms with E-state index in [1.54, 1.807) is 0 Å². The van der Waals surface area contributed by atoms with Crippen LogP contribution in [0.4, 0.5) is 0 Å². The summed E-state index contributed by atoms with van der Waals surface area (Å²) in [6, 6.07) is 17.4. The lowest BCUT2D eigenvalue weighted by Gasteiger charge is -2.64. The molecule has 6 nitrogen and oxygen atoms in total. The highest BCUT2D eigenvalue weighted by atomic mass is 16.7. The van der Waals surface area contributed by atoms with Crippen molar-refractivity contribution in [2.75, 3.05) is 0 Å². The predicted octanol–water partition coefficient (Wildman–Crippen LogP) is 5.63. The van der Waals surface area contributed by atoms with Gasteiger partial charge in [-0.05, 0) is 85.3 Å². The van der Waals surface area contributed by atoms with E-state index in [0.29, 0.717) is 24.2 Å². The van der Waals surface area contributed by atoms with Gasteiger partial charge in [-0.1, -0.05) is 82.3 Å². The van der Waals surface area contributed by atoms with E-state index >= 15 is 0 Å². The van der Waals surface area contributed by atoms with Crippen molar-refractivity contribution in [1.82, 2.24) is 10.6 Å². The molecule has 2 amide bonds.